The second-order valence-corrected chi connectivity index (χ2v) is 8.10. The monoisotopic (exact) mass is 452 g/mol. The summed E-state index contributed by atoms with van der Waals surface area (Å²) >= 11 is 0. The molecule has 3 N–H and O–H groups in total. The summed E-state index contributed by atoms with van der Waals surface area (Å²) in [5, 5.41) is 7.55. The van der Waals surface area contributed by atoms with E-state index in [1.54, 1.807) is 24.1 Å². The third-order valence-corrected chi connectivity index (χ3v) is 5.93. The van der Waals surface area contributed by atoms with Crippen molar-refractivity contribution < 1.29 is 19.0 Å². The van der Waals surface area contributed by atoms with Gasteiger partial charge in [0.1, 0.15) is 17.2 Å². The molecule has 2 saturated heterocycles. The molecule has 10 nitrogen and oxygen atoms in total. The number of hydrogen-bond donors (Lipinski definition) is 3. The van der Waals surface area contributed by atoms with Crippen molar-refractivity contribution in [3.63, 3.8) is 0 Å². The number of amides is 1. The van der Waals surface area contributed by atoms with Gasteiger partial charge in [-0.3, -0.25) is 4.79 Å². The van der Waals surface area contributed by atoms with Gasteiger partial charge in [0.05, 0.1) is 37.5 Å². The molecule has 2 fully saturated rings. The zero-order valence-electron chi connectivity index (χ0n) is 18.6. The minimum atomic E-state index is -0.0344. The largest absolute Gasteiger partial charge is 0.495 e. The Kier molecular flexibility index (Phi) is 6.27. The van der Waals surface area contributed by atoms with E-state index in [2.05, 4.69) is 25.6 Å². The van der Waals surface area contributed by atoms with Crippen molar-refractivity contribution in [2.45, 2.75) is 18.9 Å². The first kappa shape index (κ1) is 21.5. The molecule has 4 heterocycles. The molecule has 2 aliphatic rings. The van der Waals surface area contributed by atoms with Crippen molar-refractivity contribution in [3.05, 3.63) is 36.0 Å². The fraction of sp³-hybridized carbons (Fsp3) is 0.435. The number of nitrogens with one attached hydrogen (secondary N) is 3. The number of benzene rings is 1. The molecule has 1 aromatic carbocycles. The lowest BCUT2D eigenvalue weighted by atomic mass is 10.1. The highest BCUT2D eigenvalue weighted by Crippen LogP contribution is 2.30. The normalized spacial score (nSPS) is 18.5. The van der Waals surface area contributed by atoms with Crippen LogP contribution in [0.3, 0.4) is 0 Å². The van der Waals surface area contributed by atoms with Gasteiger partial charge in [0, 0.05) is 38.0 Å². The summed E-state index contributed by atoms with van der Waals surface area (Å²) in [7, 11) is 1.58. The first-order valence-corrected chi connectivity index (χ1v) is 11.2. The van der Waals surface area contributed by atoms with Gasteiger partial charge >= 0.3 is 0 Å². The minimum absolute atomic E-state index is 0.0344. The second-order valence-electron chi connectivity index (χ2n) is 8.10. The molecule has 2 aromatic heterocycles. The van der Waals surface area contributed by atoms with Gasteiger partial charge in [-0.05, 0) is 37.1 Å². The Morgan fingerprint density at radius 2 is 2.12 bits per heavy atom. The van der Waals surface area contributed by atoms with Crippen LogP contribution in [0.25, 0.3) is 11.0 Å². The lowest BCUT2D eigenvalue weighted by molar-refractivity contribution is 0.0302. The summed E-state index contributed by atoms with van der Waals surface area (Å²) in [6.07, 6.45) is 4.17. The third-order valence-electron chi connectivity index (χ3n) is 5.93. The van der Waals surface area contributed by atoms with Crippen LogP contribution in [-0.2, 0) is 9.47 Å². The van der Waals surface area contributed by atoms with E-state index in [0.717, 1.165) is 36.3 Å². The number of aromatic nitrogens is 3. The quantitative estimate of drug-likeness (QED) is 0.502. The molecule has 1 amide bonds. The molecule has 0 bridgehead atoms. The van der Waals surface area contributed by atoms with E-state index < -0.39 is 0 Å². The first-order valence-electron chi connectivity index (χ1n) is 11.2. The number of hydrogen-bond acceptors (Lipinski definition) is 8. The predicted octanol–water partition coefficient (Wildman–Crippen LogP) is 2.77. The molecular formula is C23H28N6O4. The molecule has 5 rings (SSSR count). The van der Waals surface area contributed by atoms with E-state index in [4.69, 9.17) is 14.2 Å². The Bertz CT molecular complexity index is 1120. The Morgan fingerprint density at radius 3 is 2.91 bits per heavy atom. The van der Waals surface area contributed by atoms with E-state index in [1.807, 2.05) is 18.3 Å². The highest BCUT2D eigenvalue weighted by molar-refractivity contribution is 5.95. The van der Waals surface area contributed by atoms with Crippen LogP contribution in [0, 0.1) is 0 Å². The van der Waals surface area contributed by atoms with Crippen molar-refractivity contribution in [1.82, 2.24) is 19.9 Å². The molecule has 0 spiro atoms. The maximum atomic E-state index is 12.8. The van der Waals surface area contributed by atoms with Crippen LogP contribution in [0.5, 0.6) is 5.75 Å². The fourth-order valence-corrected chi connectivity index (χ4v) is 4.14. The standard InChI is InChI=1S/C23H28N6O4/c1-31-19-13-15(22(30)29-8-11-32-12-9-29)4-5-18(19)26-23-27-20-17(6-7-24-20)21(28-23)25-14-16-3-2-10-33-16/h4-7,13,16H,2-3,8-12,14H2,1H3,(H3,24,25,26,27,28). The van der Waals surface area contributed by atoms with E-state index in [1.165, 1.54) is 0 Å². The summed E-state index contributed by atoms with van der Waals surface area (Å²) < 4.78 is 16.6. The first-order chi connectivity index (χ1) is 16.2. The Morgan fingerprint density at radius 1 is 1.24 bits per heavy atom. The molecule has 1 atom stereocenters. The van der Waals surface area contributed by atoms with Gasteiger partial charge in [-0.15, -0.1) is 0 Å². The molecule has 174 valence electrons. The summed E-state index contributed by atoms with van der Waals surface area (Å²) in [4.78, 5) is 27.0. The smallest absolute Gasteiger partial charge is 0.254 e. The Balaban J connectivity index is 1.36. The van der Waals surface area contributed by atoms with Crippen molar-refractivity contribution in [2.75, 3.05) is 57.2 Å². The molecule has 10 heteroatoms. The molecule has 3 aromatic rings. The molecule has 2 aliphatic heterocycles. The number of ether oxygens (including phenoxy) is 3. The number of nitrogens with zero attached hydrogens (tertiary/aromatic N) is 3. The number of rotatable bonds is 7. The van der Waals surface area contributed by atoms with E-state index >= 15 is 0 Å². The number of fused-ring (bicyclic) bond motifs is 1. The number of anilines is 3. The number of carbonyl (C=O) groups is 1. The van der Waals surface area contributed by atoms with Crippen LogP contribution in [0.4, 0.5) is 17.5 Å². The summed E-state index contributed by atoms with van der Waals surface area (Å²) in [6.45, 7) is 3.80. The number of aromatic amines is 1. The molecule has 33 heavy (non-hydrogen) atoms. The Labute approximate surface area is 191 Å². The van der Waals surface area contributed by atoms with Crippen molar-refractivity contribution in [1.29, 1.82) is 0 Å². The van der Waals surface area contributed by atoms with Crippen LogP contribution in [-0.4, -0.2) is 78.4 Å². The highest BCUT2D eigenvalue weighted by Gasteiger charge is 2.21. The lowest BCUT2D eigenvalue weighted by Gasteiger charge is -2.27. The number of H-pyrrole nitrogens is 1. The molecule has 0 saturated carbocycles. The van der Waals surface area contributed by atoms with Crippen molar-refractivity contribution in [2.24, 2.45) is 0 Å². The minimum Gasteiger partial charge on any atom is -0.495 e. The van der Waals surface area contributed by atoms with Crippen LogP contribution in [0.15, 0.2) is 30.5 Å². The average molecular weight is 453 g/mol. The van der Waals surface area contributed by atoms with Crippen LogP contribution in [0.2, 0.25) is 0 Å². The third kappa shape index (κ3) is 4.71. The summed E-state index contributed by atoms with van der Waals surface area (Å²) in [5.41, 5.74) is 1.96. The van der Waals surface area contributed by atoms with Gasteiger partial charge in [0.25, 0.3) is 5.91 Å². The maximum Gasteiger partial charge on any atom is 0.254 e. The average Bonchev–Trinajstić information content (AvgIpc) is 3.55. The SMILES string of the molecule is COc1cc(C(=O)N2CCOCC2)ccc1Nc1nc(NCC2CCCO2)c2cc[nH]c2n1. The van der Waals surface area contributed by atoms with Gasteiger partial charge in [-0.2, -0.15) is 9.97 Å². The molecule has 1 unspecified atom stereocenters. The maximum absolute atomic E-state index is 12.8. The fourth-order valence-electron chi connectivity index (χ4n) is 4.14. The number of carbonyl (C=O) groups excluding carboxylic acids is 1. The number of morpholine rings is 1. The summed E-state index contributed by atoms with van der Waals surface area (Å²) in [6, 6.07) is 7.29. The summed E-state index contributed by atoms with van der Waals surface area (Å²) in [5.74, 6) is 1.66. The molecule has 0 aliphatic carbocycles. The van der Waals surface area contributed by atoms with Crippen LogP contribution in [0.1, 0.15) is 23.2 Å². The number of methoxy groups -OCH3 is 1. The zero-order valence-corrected chi connectivity index (χ0v) is 18.6. The zero-order chi connectivity index (χ0) is 22.6. The Hall–Kier alpha value is -3.37. The topological polar surface area (TPSA) is 114 Å². The van der Waals surface area contributed by atoms with E-state index in [0.29, 0.717) is 55.8 Å². The molecular weight excluding hydrogens is 424 g/mol. The van der Waals surface area contributed by atoms with Crippen molar-refractivity contribution >= 4 is 34.4 Å². The van der Waals surface area contributed by atoms with Gasteiger partial charge in [0.2, 0.25) is 5.95 Å². The van der Waals surface area contributed by atoms with E-state index in [-0.39, 0.29) is 12.0 Å². The van der Waals surface area contributed by atoms with Gasteiger partial charge in [-0.25, -0.2) is 0 Å². The van der Waals surface area contributed by atoms with E-state index in [9.17, 15) is 4.79 Å². The second kappa shape index (κ2) is 9.63. The lowest BCUT2D eigenvalue weighted by Crippen LogP contribution is -2.40. The van der Waals surface area contributed by atoms with Crippen LogP contribution >= 0.6 is 0 Å². The van der Waals surface area contributed by atoms with Gasteiger partial charge < -0.3 is 34.7 Å². The van der Waals surface area contributed by atoms with Gasteiger partial charge in [-0.1, -0.05) is 0 Å². The molecule has 0 radical (unpaired) electrons. The van der Waals surface area contributed by atoms with Gasteiger partial charge in [0.15, 0.2) is 0 Å². The highest BCUT2D eigenvalue weighted by atomic mass is 16.5. The van der Waals surface area contributed by atoms with Crippen molar-refractivity contribution in [3.8, 4) is 5.75 Å². The van der Waals surface area contributed by atoms with Crippen LogP contribution < -0.4 is 15.4 Å². The predicted molar refractivity (Wildman–Crippen MR) is 124 cm³/mol.